The van der Waals surface area contributed by atoms with Crippen LogP contribution in [-0.2, 0) is 33.5 Å². The van der Waals surface area contributed by atoms with Crippen molar-refractivity contribution in [3.63, 3.8) is 0 Å². The van der Waals surface area contributed by atoms with E-state index in [-0.39, 0.29) is 12.8 Å². The van der Waals surface area contributed by atoms with Crippen molar-refractivity contribution >= 4 is 5.69 Å². The molecule has 0 saturated heterocycles. The maximum atomic E-state index is 13.8. The van der Waals surface area contributed by atoms with Crippen LogP contribution in [0, 0.1) is 0 Å². The average molecular weight is 359 g/mol. The number of rotatable bonds is 4. The second-order valence-electron chi connectivity index (χ2n) is 6.54. The maximum absolute atomic E-state index is 13.8. The molecule has 0 bridgehead atoms. The molecule has 0 aliphatic heterocycles. The zero-order valence-electron chi connectivity index (χ0n) is 14.6. The second kappa shape index (κ2) is 6.15. The van der Waals surface area contributed by atoms with Crippen LogP contribution in [0.1, 0.15) is 23.4 Å². The summed E-state index contributed by atoms with van der Waals surface area (Å²) in [6.07, 6.45) is 6.64. The Kier molecular flexibility index (Phi) is 3.93. The van der Waals surface area contributed by atoms with Crippen molar-refractivity contribution in [2.75, 3.05) is 5.32 Å². The van der Waals surface area contributed by atoms with Gasteiger partial charge in [0.15, 0.2) is 0 Å². The number of aromatic nitrogens is 6. The first-order valence-corrected chi connectivity index (χ1v) is 8.38. The molecule has 3 heterocycles. The van der Waals surface area contributed by atoms with Gasteiger partial charge in [-0.05, 0) is 6.42 Å². The predicted octanol–water partition coefficient (Wildman–Crippen LogP) is 2.35. The van der Waals surface area contributed by atoms with Crippen LogP contribution in [0.2, 0.25) is 0 Å². The van der Waals surface area contributed by atoms with Crippen molar-refractivity contribution in [2.45, 2.75) is 31.7 Å². The number of nitrogens with one attached hydrogen (secondary N) is 1. The molecule has 3 aromatic rings. The summed E-state index contributed by atoms with van der Waals surface area (Å²) in [5, 5.41) is 12.1. The first kappa shape index (κ1) is 16.6. The SMILES string of the molecule is Cn1cc(NCc2nn(C)c3c2CC(F)(F)CC3)c(-c2cnccn2)n1. The van der Waals surface area contributed by atoms with Crippen molar-refractivity contribution in [3.05, 3.63) is 41.7 Å². The normalized spacial score (nSPS) is 15.7. The van der Waals surface area contributed by atoms with Gasteiger partial charge in [0.05, 0.1) is 24.1 Å². The molecule has 0 unspecified atom stereocenters. The molecule has 4 rings (SSSR count). The maximum Gasteiger partial charge on any atom is 0.252 e. The van der Waals surface area contributed by atoms with E-state index in [9.17, 15) is 8.78 Å². The predicted molar refractivity (Wildman–Crippen MR) is 91.7 cm³/mol. The molecule has 0 atom stereocenters. The van der Waals surface area contributed by atoms with Crippen molar-refractivity contribution in [1.29, 1.82) is 0 Å². The summed E-state index contributed by atoms with van der Waals surface area (Å²) >= 11 is 0. The minimum atomic E-state index is -2.66. The molecular formula is C17H19F2N7. The summed E-state index contributed by atoms with van der Waals surface area (Å²) in [4.78, 5) is 8.34. The van der Waals surface area contributed by atoms with E-state index in [1.54, 1.807) is 35.0 Å². The average Bonchev–Trinajstić information content (AvgIpc) is 3.12. The van der Waals surface area contributed by atoms with Gasteiger partial charge < -0.3 is 5.32 Å². The first-order valence-electron chi connectivity index (χ1n) is 8.38. The number of alkyl halides is 2. The van der Waals surface area contributed by atoms with Crippen molar-refractivity contribution in [2.24, 2.45) is 14.1 Å². The Balaban J connectivity index is 1.60. The smallest absolute Gasteiger partial charge is 0.252 e. The molecule has 26 heavy (non-hydrogen) atoms. The Morgan fingerprint density at radius 1 is 1.23 bits per heavy atom. The molecule has 1 aliphatic rings. The number of hydrogen-bond acceptors (Lipinski definition) is 5. The molecule has 0 fully saturated rings. The summed E-state index contributed by atoms with van der Waals surface area (Å²) in [5.74, 6) is -2.66. The molecule has 0 aromatic carbocycles. The van der Waals surface area contributed by atoms with Gasteiger partial charge in [-0.1, -0.05) is 0 Å². The summed E-state index contributed by atoms with van der Waals surface area (Å²) in [6, 6.07) is 0. The number of fused-ring (bicyclic) bond motifs is 1. The van der Waals surface area contributed by atoms with Gasteiger partial charge in [-0.25, -0.2) is 8.78 Å². The number of anilines is 1. The Morgan fingerprint density at radius 2 is 2.08 bits per heavy atom. The van der Waals surface area contributed by atoms with Crippen LogP contribution < -0.4 is 5.32 Å². The Morgan fingerprint density at radius 3 is 2.85 bits per heavy atom. The molecule has 3 aromatic heterocycles. The van der Waals surface area contributed by atoms with Gasteiger partial charge in [-0.15, -0.1) is 0 Å². The fourth-order valence-corrected chi connectivity index (χ4v) is 3.38. The summed E-state index contributed by atoms with van der Waals surface area (Å²) in [5.41, 5.74) is 4.26. The monoisotopic (exact) mass is 359 g/mol. The lowest BCUT2D eigenvalue weighted by Gasteiger charge is -2.22. The number of nitrogens with zero attached hydrogens (tertiary/aromatic N) is 6. The van der Waals surface area contributed by atoms with Crippen molar-refractivity contribution in [3.8, 4) is 11.4 Å². The van der Waals surface area contributed by atoms with Crippen LogP contribution in [0.25, 0.3) is 11.4 Å². The van der Waals surface area contributed by atoms with E-state index in [1.807, 2.05) is 13.2 Å². The highest BCUT2D eigenvalue weighted by atomic mass is 19.3. The molecule has 1 aliphatic carbocycles. The first-order chi connectivity index (χ1) is 12.4. The van der Waals surface area contributed by atoms with Gasteiger partial charge in [0.25, 0.3) is 5.92 Å². The molecular weight excluding hydrogens is 340 g/mol. The van der Waals surface area contributed by atoms with Gasteiger partial charge in [0.1, 0.15) is 11.4 Å². The van der Waals surface area contributed by atoms with Gasteiger partial charge in [0.2, 0.25) is 0 Å². The minimum absolute atomic E-state index is 0.119. The number of halogens is 2. The zero-order valence-corrected chi connectivity index (χ0v) is 14.6. The number of hydrogen-bond donors (Lipinski definition) is 1. The van der Waals surface area contributed by atoms with Gasteiger partial charge in [0, 0.05) is 56.8 Å². The van der Waals surface area contributed by atoms with Crippen LogP contribution in [-0.4, -0.2) is 35.5 Å². The third kappa shape index (κ3) is 3.04. The highest BCUT2D eigenvalue weighted by Gasteiger charge is 2.37. The van der Waals surface area contributed by atoms with Gasteiger partial charge in [-0.3, -0.25) is 19.3 Å². The van der Waals surface area contributed by atoms with Crippen LogP contribution in [0.5, 0.6) is 0 Å². The Labute approximate surface area is 149 Å². The summed E-state index contributed by atoms with van der Waals surface area (Å²) in [7, 11) is 3.62. The lowest BCUT2D eigenvalue weighted by atomic mass is 9.92. The van der Waals surface area contributed by atoms with E-state index < -0.39 is 5.92 Å². The van der Waals surface area contributed by atoms with Crippen LogP contribution in [0.4, 0.5) is 14.5 Å². The van der Waals surface area contributed by atoms with Crippen molar-refractivity contribution in [1.82, 2.24) is 29.5 Å². The fourth-order valence-electron chi connectivity index (χ4n) is 3.38. The third-order valence-corrected chi connectivity index (χ3v) is 4.60. The molecule has 0 saturated carbocycles. The van der Waals surface area contributed by atoms with Crippen LogP contribution in [0.15, 0.2) is 24.8 Å². The Hall–Kier alpha value is -2.84. The highest BCUT2D eigenvalue weighted by Crippen LogP contribution is 2.35. The molecule has 9 heteroatoms. The molecule has 1 N–H and O–H groups in total. The second-order valence-corrected chi connectivity index (χ2v) is 6.54. The summed E-state index contributed by atoms with van der Waals surface area (Å²) in [6.45, 7) is 0.345. The molecule has 0 amide bonds. The zero-order chi connectivity index (χ0) is 18.3. The highest BCUT2D eigenvalue weighted by molar-refractivity contribution is 5.70. The topological polar surface area (TPSA) is 73.5 Å². The molecule has 136 valence electrons. The lowest BCUT2D eigenvalue weighted by molar-refractivity contribution is -0.0129. The van der Waals surface area contributed by atoms with E-state index in [0.29, 0.717) is 35.6 Å². The van der Waals surface area contributed by atoms with E-state index in [0.717, 1.165) is 11.4 Å². The van der Waals surface area contributed by atoms with Gasteiger partial charge in [-0.2, -0.15) is 10.2 Å². The van der Waals surface area contributed by atoms with E-state index in [1.165, 1.54) is 0 Å². The van der Waals surface area contributed by atoms with Crippen LogP contribution in [0.3, 0.4) is 0 Å². The summed E-state index contributed by atoms with van der Waals surface area (Å²) < 4.78 is 31.1. The third-order valence-electron chi connectivity index (χ3n) is 4.60. The quantitative estimate of drug-likeness (QED) is 0.774. The van der Waals surface area contributed by atoms with Crippen molar-refractivity contribution < 1.29 is 8.78 Å². The fraction of sp³-hybridized carbons (Fsp3) is 0.412. The Bertz CT molecular complexity index is 930. The standard InChI is InChI=1S/C17H19F2N7/c1-25-10-14(16(24-25)13-8-20-5-6-21-13)22-9-12-11-7-17(18,19)4-3-15(11)26(2)23-12/h5-6,8,10,22H,3-4,7,9H2,1-2H3. The largest absolute Gasteiger partial charge is 0.376 e. The number of aryl methyl sites for hydroxylation is 2. The van der Waals surface area contributed by atoms with E-state index >= 15 is 0 Å². The molecule has 0 spiro atoms. The molecule has 0 radical (unpaired) electrons. The minimum Gasteiger partial charge on any atom is -0.376 e. The van der Waals surface area contributed by atoms with Crippen LogP contribution >= 0.6 is 0 Å². The van der Waals surface area contributed by atoms with E-state index in [2.05, 4.69) is 25.5 Å². The molecule has 7 nitrogen and oxygen atoms in total. The van der Waals surface area contributed by atoms with E-state index in [4.69, 9.17) is 0 Å². The lowest BCUT2D eigenvalue weighted by Crippen LogP contribution is -2.27. The van der Waals surface area contributed by atoms with Gasteiger partial charge >= 0.3 is 0 Å².